The molecule has 0 spiro atoms. The predicted molar refractivity (Wildman–Crippen MR) is 146 cm³/mol. The van der Waals surface area contributed by atoms with Crippen molar-refractivity contribution in [1.82, 2.24) is 0 Å². The minimum absolute atomic E-state index is 0.101. The summed E-state index contributed by atoms with van der Waals surface area (Å²) in [5.74, 6) is -0.533. The Hall–Kier alpha value is -4.23. The van der Waals surface area contributed by atoms with E-state index >= 15 is 0 Å². The number of amides is 2. The van der Waals surface area contributed by atoms with Crippen LogP contribution in [-0.4, -0.2) is 20.2 Å². The standard InChI is InChI=1S/C30H28N2O4S/c1-19-5-7-23(17-21(19)3)29(33)31-25-9-13-27(14-10-25)37(35,36)28-15-11-26(12-16-28)32-30(34)24-8-6-20(2)22(4)18-24/h5-18H,1-4H3,(H,31,33)(H,32,34). The summed E-state index contributed by atoms with van der Waals surface area (Å²) in [5.41, 5.74) is 6.28. The molecule has 4 aromatic rings. The van der Waals surface area contributed by atoms with Gasteiger partial charge in [-0.15, -0.1) is 0 Å². The average Bonchev–Trinajstić information content (AvgIpc) is 2.88. The van der Waals surface area contributed by atoms with E-state index in [-0.39, 0.29) is 21.6 Å². The molecule has 2 N–H and O–H groups in total. The van der Waals surface area contributed by atoms with Gasteiger partial charge in [0.2, 0.25) is 9.84 Å². The maximum absolute atomic E-state index is 13.1. The molecule has 0 fully saturated rings. The third kappa shape index (κ3) is 5.78. The molecule has 4 rings (SSSR count). The smallest absolute Gasteiger partial charge is 0.255 e. The van der Waals surface area contributed by atoms with Crippen LogP contribution in [0.5, 0.6) is 0 Å². The fraction of sp³-hybridized carbons (Fsp3) is 0.133. The zero-order valence-corrected chi connectivity index (χ0v) is 21.9. The van der Waals surface area contributed by atoms with E-state index in [1.54, 1.807) is 36.4 Å². The van der Waals surface area contributed by atoms with E-state index in [2.05, 4.69) is 10.6 Å². The predicted octanol–water partition coefficient (Wildman–Crippen LogP) is 6.26. The summed E-state index contributed by atoms with van der Waals surface area (Å²) in [4.78, 5) is 25.3. The van der Waals surface area contributed by atoms with E-state index in [9.17, 15) is 18.0 Å². The van der Waals surface area contributed by atoms with Crippen LogP contribution in [0.2, 0.25) is 0 Å². The molecular weight excluding hydrogens is 484 g/mol. The highest BCUT2D eigenvalue weighted by atomic mass is 32.2. The molecule has 0 aromatic heterocycles. The summed E-state index contributed by atoms with van der Waals surface area (Å²) in [6.45, 7) is 7.84. The third-order valence-electron chi connectivity index (χ3n) is 6.38. The Morgan fingerprint density at radius 1 is 0.514 bits per heavy atom. The minimum atomic E-state index is -3.78. The molecule has 0 saturated carbocycles. The second-order valence-electron chi connectivity index (χ2n) is 9.06. The van der Waals surface area contributed by atoms with E-state index in [0.29, 0.717) is 22.5 Å². The Balaban J connectivity index is 1.44. The highest BCUT2D eigenvalue weighted by Gasteiger charge is 2.18. The fourth-order valence-corrected chi connectivity index (χ4v) is 5.00. The van der Waals surface area contributed by atoms with Crippen LogP contribution < -0.4 is 10.6 Å². The van der Waals surface area contributed by atoms with Crippen molar-refractivity contribution < 1.29 is 18.0 Å². The van der Waals surface area contributed by atoms with Crippen LogP contribution in [0, 0.1) is 27.7 Å². The van der Waals surface area contributed by atoms with Gasteiger partial charge in [0.05, 0.1) is 9.79 Å². The molecule has 0 saturated heterocycles. The Morgan fingerprint density at radius 2 is 0.865 bits per heavy atom. The first-order valence-corrected chi connectivity index (χ1v) is 13.3. The number of benzene rings is 4. The quantitative estimate of drug-likeness (QED) is 0.319. The van der Waals surface area contributed by atoms with E-state index in [4.69, 9.17) is 0 Å². The summed E-state index contributed by atoms with van der Waals surface area (Å²) >= 11 is 0. The number of aryl methyl sites for hydroxylation is 4. The van der Waals surface area contributed by atoms with Crippen LogP contribution in [0.15, 0.2) is 94.7 Å². The van der Waals surface area contributed by atoms with Gasteiger partial charge in [0.1, 0.15) is 0 Å². The Bertz CT molecular complexity index is 1480. The van der Waals surface area contributed by atoms with Crippen LogP contribution >= 0.6 is 0 Å². The number of nitrogens with one attached hydrogen (secondary N) is 2. The van der Waals surface area contributed by atoms with Crippen molar-refractivity contribution in [3.05, 3.63) is 118 Å². The molecule has 0 atom stereocenters. The van der Waals surface area contributed by atoms with Gasteiger partial charge in [-0.25, -0.2) is 8.42 Å². The summed E-state index contributed by atoms with van der Waals surface area (Å²) in [7, 11) is -3.78. The zero-order valence-electron chi connectivity index (χ0n) is 21.1. The van der Waals surface area contributed by atoms with Crippen LogP contribution in [0.25, 0.3) is 0 Å². The molecule has 4 aromatic carbocycles. The van der Waals surface area contributed by atoms with Crippen molar-refractivity contribution in [3.8, 4) is 0 Å². The van der Waals surface area contributed by atoms with Crippen LogP contribution in [0.1, 0.15) is 43.0 Å². The molecule has 0 aliphatic rings. The number of anilines is 2. The first-order chi connectivity index (χ1) is 17.5. The maximum Gasteiger partial charge on any atom is 0.255 e. The lowest BCUT2D eigenvalue weighted by atomic mass is 10.1. The van der Waals surface area contributed by atoms with E-state index in [0.717, 1.165) is 22.3 Å². The molecule has 0 aliphatic carbocycles. The van der Waals surface area contributed by atoms with Crippen molar-refractivity contribution in [2.75, 3.05) is 10.6 Å². The Labute approximate surface area is 217 Å². The number of hydrogen-bond acceptors (Lipinski definition) is 4. The number of rotatable bonds is 6. The lowest BCUT2D eigenvalue weighted by Crippen LogP contribution is -2.13. The summed E-state index contributed by atoms with van der Waals surface area (Å²) in [6.07, 6.45) is 0. The molecule has 0 aliphatic heterocycles. The normalized spacial score (nSPS) is 11.1. The molecule has 2 amide bonds. The van der Waals surface area contributed by atoms with Crippen molar-refractivity contribution in [2.24, 2.45) is 0 Å². The fourth-order valence-electron chi connectivity index (χ4n) is 3.74. The maximum atomic E-state index is 13.1. The summed E-state index contributed by atoms with van der Waals surface area (Å²) < 4.78 is 26.2. The highest BCUT2D eigenvalue weighted by Crippen LogP contribution is 2.24. The first kappa shape index (κ1) is 25.9. The molecule has 188 valence electrons. The van der Waals surface area contributed by atoms with E-state index in [1.807, 2.05) is 52.0 Å². The first-order valence-electron chi connectivity index (χ1n) is 11.8. The van der Waals surface area contributed by atoms with Gasteiger partial charge in [-0.05, 0) is 123 Å². The molecular formula is C30H28N2O4S. The third-order valence-corrected chi connectivity index (χ3v) is 8.17. The second kappa shape index (κ2) is 10.4. The van der Waals surface area contributed by atoms with Gasteiger partial charge in [0.15, 0.2) is 0 Å². The van der Waals surface area contributed by atoms with Crippen molar-refractivity contribution in [2.45, 2.75) is 37.5 Å². The molecule has 0 heterocycles. The lowest BCUT2D eigenvalue weighted by Gasteiger charge is -2.10. The van der Waals surface area contributed by atoms with E-state index < -0.39 is 9.84 Å². The van der Waals surface area contributed by atoms with E-state index in [1.165, 1.54) is 24.3 Å². The van der Waals surface area contributed by atoms with Crippen molar-refractivity contribution in [3.63, 3.8) is 0 Å². The van der Waals surface area contributed by atoms with Crippen molar-refractivity contribution in [1.29, 1.82) is 0 Å². The van der Waals surface area contributed by atoms with Gasteiger partial charge in [0, 0.05) is 22.5 Å². The van der Waals surface area contributed by atoms with Gasteiger partial charge in [0.25, 0.3) is 11.8 Å². The molecule has 0 unspecified atom stereocenters. The Kier molecular flexibility index (Phi) is 7.27. The monoisotopic (exact) mass is 512 g/mol. The van der Waals surface area contributed by atoms with Crippen molar-refractivity contribution >= 4 is 33.0 Å². The minimum Gasteiger partial charge on any atom is -0.322 e. The molecule has 7 heteroatoms. The van der Waals surface area contributed by atoms with Crippen LogP contribution in [-0.2, 0) is 9.84 Å². The zero-order chi connectivity index (χ0) is 26.7. The van der Waals surface area contributed by atoms with Gasteiger partial charge < -0.3 is 10.6 Å². The van der Waals surface area contributed by atoms with Gasteiger partial charge >= 0.3 is 0 Å². The number of carbonyl (C=O) groups excluding carboxylic acids is 2. The largest absolute Gasteiger partial charge is 0.322 e. The van der Waals surface area contributed by atoms with Crippen LogP contribution in [0.3, 0.4) is 0 Å². The summed E-state index contributed by atoms with van der Waals surface area (Å²) in [5, 5.41) is 5.59. The van der Waals surface area contributed by atoms with Gasteiger partial charge in [-0.1, -0.05) is 12.1 Å². The molecule has 0 bridgehead atoms. The molecule has 6 nitrogen and oxygen atoms in total. The number of hydrogen-bond donors (Lipinski definition) is 2. The topological polar surface area (TPSA) is 92.3 Å². The second-order valence-corrected chi connectivity index (χ2v) is 11.0. The van der Waals surface area contributed by atoms with Gasteiger partial charge in [-0.2, -0.15) is 0 Å². The number of carbonyl (C=O) groups is 2. The van der Waals surface area contributed by atoms with Crippen LogP contribution in [0.4, 0.5) is 11.4 Å². The Morgan fingerprint density at radius 3 is 1.19 bits per heavy atom. The van der Waals surface area contributed by atoms with Gasteiger partial charge in [-0.3, -0.25) is 9.59 Å². The average molecular weight is 513 g/mol. The lowest BCUT2D eigenvalue weighted by molar-refractivity contribution is 0.101. The highest BCUT2D eigenvalue weighted by molar-refractivity contribution is 7.91. The summed E-state index contributed by atoms with van der Waals surface area (Å²) in [6, 6.07) is 23.0. The molecule has 0 radical (unpaired) electrons. The molecule has 37 heavy (non-hydrogen) atoms. The SMILES string of the molecule is Cc1ccc(C(=O)Nc2ccc(S(=O)(=O)c3ccc(NC(=O)c4ccc(C)c(C)c4)cc3)cc2)cc1C. The number of sulfone groups is 1.